The van der Waals surface area contributed by atoms with E-state index in [2.05, 4.69) is 9.98 Å². The van der Waals surface area contributed by atoms with Crippen LogP contribution in [0.1, 0.15) is 17.5 Å². The van der Waals surface area contributed by atoms with E-state index >= 15 is 0 Å². The number of aryl methyl sites for hydroxylation is 1. The molecule has 0 unspecified atom stereocenters. The van der Waals surface area contributed by atoms with Crippen molar-refractivity contribution in [3.63, 3.8) is 0 Å². The van der Waals surface area contributed by atoms with Crippen LogP contribution in [0.25, 0.3) is 0 Å². The van der Waals surface area contributed by atoms with Crippen molar-refractivity contribution in [1.29, 1.82) is 0 Å². The van der Waals surface area contributed by atoms with Crippen LogP contribution < -0.4 is 0 Å². The molecule has 1 aromatic heterocycles. The Hall–Kier alpha value is -0.920. The molecule has 14 heavy (non-hydrogen) atoms. The Morgan fingerprint density at radius 3 is 3.14 bits per heavy atom. The minimum absolute atomic E-state index is 0.267. The SMILES string of the molecule is CCOC(=O)c1nc(N=CI)cn1C. The summed E-state index contributed by atoms with van der Waals surface area (Å²) in [7, 11) is 1.73. The molecule has 0 amide bonds. The average molecular weight is 307 g/mol. The number of carbonyl (C=O) groups is 1. The second-order valence-electron chi connectivity index (χ2n) is 2.48. The number of carbonyl (C=O) groups excluding carboxylic acids is 1. The molecule has 0 aliphatic carbocycles. The maximum absolute atomic E-state index is 11.3. The fourth-order valence-corrected chi connectivity index (χ4v) is 1.23. The third-order valence-electron chi connectivity index (χ3n) is 1.50. The first-order valence-electron chi connectivity index (χ1n) is 4.02. The summed E-state index contributed by atoms with van der Waals surface area (Å²) in [6, 6.07) is 0. The largest absolute Gasteiger partial charge is 0.460 e. The van der Waals surface area contributed by atoms with Crippen molar-refractivity contribution in [2.45, 2.75) is 6.92 Å². The lowest BCUT2D eigenvalue weighted by Gasteiger charge is -1.99. The zero-order valence-electron chi connectivity index (χ0n) is 7.90. The van der Waals surface area contributed by atoms with E-state index in [1.165, 1.54) is 0 Å². The molecule has 0 atom stereocenters. The van der Waals surface area contributed by atoms with Crippen LogP contribution in [0.3, 0.4) is 0 Å². The molecule has 0 spiro atoms. The fourth-order valence-electron chi connectivity index (χ4n) is 0.948. The number of aliphatic imine (C=N–C) groups is 1. The molecule has 5 nitrogen and oxygen atoms in total. The first-order valence-corrected chi connectivity index (χ1v) is 5.26. The number of imidazole rings is 1. The van der Waals surface area contributed by atoms with Crippen LogP contribution in [-0.2, 0) is 11.8 Å². The van der Waals surface area contributed by atoms with Gasteiger partial charge in [-0.25, -0.2) is 14.8 Å². The maximum atomic E-state index is 11.3. The minimum Gasteiger partial charge on any atom is -0.460 e. The van der Waals surface area contributed by atoms with E-state index in [1.54, 1.807) is 29.0 Å². The fraction of sp³-hybridized carbons (Fsp3) is 0.375. The summed E-state index contributed by atoms with van der Waals surface area (Å²) in [5.74, 6) is 0.346. The molecule has 0 fully saturated rings. The van der Waals surface area contributed by atoms with E-state index in [-0.39, 0.29) is 5.82 Å². The number of halogens is 1. The molecule has 1 heterocycles. The highest BCUT2D eigenvalue weighted by atomic mass is 127. The first kappa shape index (κ1) is 11.2. The summed E-state index contributed by atoms with van der Waals surface area (Å²) < 4.78 is 8.01. The van der Waals surface area contributed by atoms with Crippen LogP contribution in [0.4, 0.5) is 5.82 Å². The van der Waals surface area contributed by atoms with Gasteiger partial charge in [0.15, 0.2) is 5.82 Å². The number of hydrogen-bond donors (Lipinski definition) is 0. The Kier molecular flexibility index (Phi) is 4.05. The Balaban J connectivity index is 2.92. The number of nitrogens with zero attached hydrogens (tertiary/aromatic N) is 3. The molecular weight excluding hydrogens is 297 g/mol. The molecule has 0 N–H and O–H groups in total. The number of aromatic nitrogens is 2. The summed E-state index contributed by atoms with van der Waals surface area (Å²) in [4.78, 5) is 19.3. The molecule has 0 aliphatic heterocycles. The normalized spacial score (nSPS) is 10.8. The lowest BCUT2D eigenvalue weighted by Crippen LogP contribution is -2.10. The van der Waals surface area contributed by atoms with Crippen molar-refractivity contribution >= 4 is 38.6 Å². The Morgan fingerprint density at radius 2 is 2.57 bits per heavy atom. The van der Waals surface area contributed by atoms with Crippen LogP contribution >= 0.6 is 22.6 Å². The Bertz CT molecular complexity index is 359. The molecule has 6 heteroatoms. The first-order chi connectivity index (χ1) is 6.69. The van der Waals surface area contributed by atoms with Crippen LogP contribution in [-0.4, -0.2) is 26.3 Å². The van der Waals surface area contributed by atoms with Gasteiger partial charge in [0, 0.05) is 7.05 Å². The standard InChI is InChI=1S/C8H10IN3O2/c1-3-14-8(13)7-11-6(10-5-9)4-12(7)2/h4-5H,3H2,1-2H3. The zero-order chi connectivity index (χ0) is 10.6. The van der Waals surface area contributed by atoms with Gasteiger partial charge in [0.05, 0.1) is 17.0 Å². The summed E-state index contributed by atoms with van der Waals surface area (Å²) in [5, 5.41) is 0. The predicted octanol–water partition coefficient (Wildman–Crippen LogP) is 1.69. The van der Waals surface area contributed by atoms with Gasteiger partial charge >= 0.3 is 5.97 Å². The summed E-state index contributed by atoms with van der Waals surface area (Å²) in [6.45, 7) is 2.10. The van der Waals surface area contributed by atoms with Crippen molar-refractivity contribution < 1.29 is 9.53 Å². The lowest BCUT2D eigenvalue weighted by atomic mass is 10.6. The van der Waals surface area contributed by atoms with Crippen LogP contribution in [0.2, 0.25) is 0 Å². The number of rotatable bonds is 3. The van der Waals surface area contributed by atoms with E-state index < -0.39 is 5.97 Å². The van der Waals surface area contributed by atoms with Gasteiger partial charge in [0.2, 0.25) is 5.82 Å². The van der Waals surface area contributed by atoms with Crippen molar-refractivity contribution in [3.8, 4) is 0 Å². The molecule has 1 rings (SSSR count). The van der Waals surface area contributed by atoms with E-state index in [0.717, 1.165) is 0 Å². The Labute approximate surface area is 95.3 Å². The van der Waals surface area contributed by atoms with Crippen molar-refractivity contribution in [2.75, 3.05) is 6.61 Å². The smallest absolute Gasteiger partial charge is 0.374 e. The van der Waals surface area contributed by atoms with Gasteiger partial charge in [-0.05, 0) is 29.5 Å². The third-order valence-corrected chi connectivity index (χ3v) is 1.78. The van der Waals surface area contributed by atoms with Crippen molar-refractivity contribution in [2.24, 2.45) is 12.0 Å². The average Bonchev–Trinajstić information content (AvgIpc) is 2.48. The summed E-state index contributed by atoms with van der Waals surface area (Å²) >= 11 is 1.99. The summed E-state index contributed by atoms with van der Waals surface area (Å²) in [5.41, 5.74) is 0. The molecule has 1 aromatic rings. The van der Waals surface area contributed by atoms with Gasteiger partial charge in [-0.2, -0.15) is 0 Å². The third kappa shape index (κ3) is 2.53. The van der Waals surface area contributed by atoms with E-state index in [1.807, 2.05) is 22.6 Å². The van der Waals surface area contributed by atoms with Gasteiger partial charge in [-0.15, -0.1) is 0 Å². The van der Waals surface area contributed by atoms with Crippen LogP contribution in [0, 0.1) is 0 Å². The number of ether oxygens (including phenoxy) is 1. The molecule has 0 aromatic carbocycles. The Morgan fingerprint density at radius 1 is 1.86 bits per heavy atom. The van der Waals surface area contributed by atoms with Crippen LogP contribution in [0.15, 0.2) is 11.2 Å². The molecular formula is C8H10IN3O2. The van der Waals surface area contributed by atoms with Gasteiger partial charge in [-0.1, -0.05) is 0 Å². The van der Waals surface area contributed by atoms with E-state index in [9.17, 15) is 4.79 Å². The highest BCUT2D eigenvalue weighted by Gasteiger charge is 2.13. The second-order valence-corrected chi connectivity index (χ2v) is 3.04. The van der Waals surface area contributed by atoms with Crippen molar-refractivity contribution in [1.82, 2.24) is 9.55 Å². The molecule has 76 valence electrons. The summed E-state index contributed by atoms with van der Waals surface area (Å²) in [6.07, 6.45) is 1.67. The lowest BCUT2D eigenvalue weighted by molar-refractivity contribution is 0.0508. The predicted molar refractivity (Wildman–Crippen MR) is 61.3 cm³/mol. The molecule has 0 aliphatic rings. The van der Waals surface area contributed by atoms with E-state index in [0.29, 0.717) is 12.4 Å². The van der Waals surface area contributed by atoms with Gasteiger partial charge in [-0.3, -0.25) is 0 Å². The highest BCUT2D eigenvalue weighted by molar-refractivity contribution is 14.1. The monoisotopic (exact) mass is 307 g/mol. The minimum atomic E-state index is -0.426. The maximum Gasteiger partial charge on any atom is 0.374 e. The number of esters is 1. The quantitative estimate of drug-likeness (QED) is 0.485. The van der Waals surface area contributed by atoms with E-state index in [4.69, 9.17) is 4.74 Å². The van der Waals surface area contributed by atoms with Gasteiger partial charge < -0.3 is 9.30 Å². The van der Waals surface area contributed by atoms with Gasteiger partial charge in [0.25, 0.3) is 0 Å². The molecule has 0 saturated carbocycles. The van der Waals surface area contributed by atoms with Gasteiger partial charge in [0.1, 0.15) is 0 Å². The number of hydrogen-bond acceptors (Lipinski definition) is 4. The zero-order valence-corrected chi connectivity index (χ0v) is 10.1. The molecule has 0 saturated heterocycles. The van der Waals surface area contributed by atoms with Crippen molar-refractivity contribution in [3.05, 3.63) is 12.0 Å². The molecule has 0 bridgehead atoms. The highest BCUT2D eigenvalue weighted by Crippen LogP contribution is 2.11. The second kappa shape index (κ2) is 5.08. The molecule has 0 radical (unpaired) electrons. The topological polar surface area (TPSA) is 56.5 Å². The van der Waals surface area contributed by atoms with Crippen LogP contribution in [0.5, 0.6) is 0 Å².